The normalized spacial score (nSPS) is 26.4. The lowest BCUT2D eigenvalue weighted by Gasteiger charge is -2.18. The smallest absolute Gasteiger partial charge is 0.362 e. The topological polar surface area (TPSA) is 74.4 Å². The van der Waals surface area contributed by atoms with E-state index < -0.39 is 5.97 Å². The third-order valence-corrected chi connectivity index (χ3v) is 1.56. The molecule has 6 heteroatoms. The summed E-state index contributed by atoms with van der Waals surface area (Å²) in [7, 11) is 0. The molecular formula is C6H11N4O2+. The molecular weight excluding hydrogens is 160 g/mol. The van der Waals surface area contributed by atoms with Gasteiger partial charge in [0.1, 0.15) is 6.54 Å². The molecule has 0 aliphatic carbocycles. The summed E-state index contributed by atoms with van der Waals surface area (Å²) < 4.78 is -0.00810. The van der Waals surface area contributed by atoms with E-state index in [-0.39, 0.29) is 11.1 Å². The summed E-state index contributed by atoms with van der Waals surface area (Å²) in [5.41, 5.74) is 0. The van der Waals surface area contributed by atoms with E-state index in [0.29, 0.717) is 6.54 Å². The Morgan fingerprint density at radius 1 is 1.67 bits per heavy atom. The monoisotopic (exact) mass is 171 g/mol. The molecule has 12 heavy (non-hydrogen) atoms. The number of carboxylic acids is 1. The Balaban J connectivity index is 2.66. The highest BCUT2D eigenvalue weighted by atomic mass is 16.4. The Hall–Kier alpha value is -1.30. The van der Waals surface area contributed by atoms with Gasteiger partial charge in [0.2, 0.25) is 12.9 Å². The lowest BCUT2D eigenvalue weighted by atomic mass is 10.4. The van der Waals surface area contributed by atoms with Crippen molar-refractivity contribution < 1.29 is 14.5 Å². The summed E-state index contributed by atoms with van der Waals surface area (Å²) in [5.74, 6) is -0.893. The van der Waals surface area contributed by atoms with Crippen LogP contribution in [0.3, 0.4) is 0 Å². The van der Waals surface area contributed by atoms with Gasteiger partial charge in [-0.15, -0.1) is 4.59 Å². The van der Waals surface area contributed by atoms with Crippen LogP contribution < -0.4 is 0 Å². The molecule has 6 nitrogen and oxygen atoms in total. The molecule has 0 spiro atoms. The van der Waals surface area contributed by atoms with Gasteiger partial charge in [-0.2, -0.15) is 0 Å². The minimum Gasteiger partial charge on any atom is -0.477 e. The van der Waals surface area contributed by atoms with Gasteiger partial charge in [0, 0.05) is 5.22 Å². The summed E-state index contributed by atoms with van der Waals surface area (Å²) in [6.45, 7) is 2.50. The second-order valence-corrected chi connectivity index (χ2v) is 2.67. The molecule has 0 radical (unpaired) electrons. The number of hydrogen-bond acceptors (Lipinski definition) is 4. The average Bonchev–Trinajstić information content (AvgIpc) is 2.36. The molecule has 1 unspecified atom stereocenters. The number of rotatable bonds is 4. The van der Waals surface area contributed by atoms with Crippen LogP contribution in [-0.4, -0.2) is 35.1 Å². The summed E-state index contributed by atoms with van der Waals surface area (Å²) in [6.07, 6.45) is 2.30. The van der Waals surface area contributed by atoms with E-state index >= 15 is 0 Å². The maximum atomic E-state index is 10.5. The largest absolute Gasteiger partial charge is 0.477 e. The van der Waals surface area contributed by atoms with E-state index in [1.54, 1.807) is 0 Å². The van der Waals surface area contributed by atoms with Crippen molar-refractivity contribution in [1.82, 2.24) is 0 Å². The minimum atomic E-state index is -0.893. The molecule has 0 saturated carbocycles. The quantitative estimate of drug-likeness (QED) is 0.629. The van der Waals surface area contributed by atoms with Crippen LogP contribution in [0.5, 0.6) is 0 Å². The number of carboxylic acid groups (broad SMARTS) is 1. The Kier molecular flexibility index (Phi) is 2.49. The van der Waals surface area contributed by atoms with Crippen molar-refractivity contribution in [3.63, 3.8) is 0 Å². The molecule has 0 aromatic heterocycles. The van der Waals surface area contributed by atoms with E-state index in [4.69, 9.17) is 5.11 Å². The number of quaternary nitrogens is 1. The second-order valence-electron chi connectivity index (χ2n) is 2.67. The Bertz CT molecular complexity index is 224. The highest BCUT2D eigenvalue weighted by molar-refractivity contribution is 5.69. The molecule has 0 fully saturated rings. The number of hydrogen-bond donors (Lipinski definition) is 1. The highest BCUT2D eigenvalue weighted by Crippen LogP contribution is 2.11. The van der Waals surface area contributed by atoms with Crippen LogP contribution in [0.15, 0.2) is 15.5 Å². The zero-order valence-corrected chi connectivity index (χ0v) is 6.84. The number of nitrogens with zero attached hydrogens (tertiary/aromatic N) is 4. The maximum Gasteiger partial charge on any atom is 0.362 e. The number of aliphatic carboxylic acids is 1. The molecule has 1 aliphatic heterocycles. The Morgan fingerprint density at radius 2 is 2.42 bits per heavy atom. The zero-order valence-electron chi connectivity index (χ0n) is 6.84. The first-order valence-electron chi connectivity index (χ1n) is 3.74. The van der Waals surface area contributed by atoms with Crippen LogP contribution in [0, 0.1) is 0 Å². The lowest BCUT2D eigenvalue weighted by molar-refractivity contribution is -0.835. The van der Waals surface area contributed by atoms with E-state index in [1.807, 2.05) is 6.92 Å². The Labute approximate surface area is 69.8 Å². The van der Waals surface area contributed by atoms with Crippen molar-refractivity contribution >= 4 is 12.3 Å². The molecule has 0 amide bonds. The molecule has 0 bridgehead atoms. The standard InChI is InChI=1S/C6H10N4O2/c1-2-3-10(4-6(11)12)5-7-8-9-10/h5H,2-4H2,1H3/p+1. The fourth-order valence-electron chi connectivity index (χ4n) is 1.12. The average molecular weight is 171 g/mol. The zero-order chi connectivity index (χ0) is 9.03. The third-order valence-electron chi connectivity index (χ3n) is 1.56. The molecule has 0 saturated heterocycles. The molecule has 1 atom stereocenters. The van der Waals surface area contributed by atoms with Crippen LogP contribution in [0.2, 0.25) is 0 Å². The van der Waals surface area contributed by atoms with Gasteiger partial charge in [-0.25, -0.2) is 4.79 Å². The fraction of sp³-hybridized carbons (Fsp3) is 0.667. The van der Waals surface area contributed by atoms with Gasteiger partial charge < -0.3 is 5.11 Å². The van der Waals surface area contributed by atoms with Gasteiger partial charge in [0.05, 0.1) is 5.22 Å². The van der Waals surface area contributed by atoms with Crippen molar-refractivity contribution in [3.05, 3.63) is 0 Å². The molecule has 1 N–H and O–H groups in total. The van der Waals surface area contributed by atoms with Crippen LogP contribution in [0.1, 0.15) is 13.3 Å². The van der Waals surface area contributed by atoms with E-state index in [2.05, 4.69) is 15.5 Å². The SMILES string of the molecule is CCC[N+]1(CC(=O)O)C=NN=N1. The predicted octanol–water partition coefficient (Wildman–Crippen LogP) is 0.622. The first-order chi connectivity index (χ1) is 5.68. The highest BCUT2D eigenvalue weighted by Gasteiger charge is 2.32. The minimum absolute atomic E-state index is 0.00810. The molecule has 1 rings (SSSR count). The maximum absolute atomic E-state index is 10.5. The van der Waals surface area contributed by atoms with Crippen molar-refractivity contribution in [2.24, 2.45) is 15.5 Å². The van der Waals surface area contributed by atoms with E-state index in [9.17, 15) is 4.79 Å². The van der Waals surface area contributed by atoms with Gasteiger partial charge >= 0.3 is 5.97 Å². The molecule has 1 aliphatic rings. The summed E-state index contributed by atoms with van der Waals surface area (Å²) in [6, 6.07) is 0. The van der Waals surface area contributed by atoms with Crippen molar-refractivity contribution in [1.29, 1.82) is 0 Å². The number of carbonyl (C=O) groups is 1. The first-order valence-corrected chi connectivity index (χ1v) is 3.74. The van der Waals surface area contributed by atoms with Gasteiger partial charge in [-0.05, 0) is 6.42 Å². The summed E-state index contributed by atoms with van der Waals surface area (Å²) in [4.78, 5) is 10.5. The van der Waals surface area contributed by atoms with Crippen LogP contribution in [-0.2, 0) is 4.79 Å². The lowest BCUT2D eigenvalue weighted by Crippen LogP contribution is -2.44. The van der Waals surface area contributed by atoms with Crippen molar-refractivity contribution in [3.8, 4) is 0 Å². The van der Waals surface area contributed by atoms with Crippen molar-refractivity contribution in [2.75, 3.05) is 13.1 Å². The predicted molar refractivity (Wildman–Crippen MR) is 41.3 cm³/mol. The fourth-order valence-corrected chi connectivity index (χ4v) is 1.12. The summed E-state index contributed by atoms with van der Waals surface area (Å²) in [5, 5.41) is 19.3. The third kappa shape index (κ3) is 1.85. The molecule has 66 valence electrons. The van der Waals surface area contributed by atoms with Crippen LogP contribution in [0.25, 0.3) is 0 Å². The van der Waals surface area contributed by atoms with Gasteiger partial charge in [0.25, 0.3) is 0 Å². The van der Waals surface area contributed by atoms with E-state index in [1.165, 1.54) is 6.34 Å². The van der Waals surface area contributed by atoms with E-state index in [0.717, 1.165) is 6.42 Å². The van der Waals surface area contributed by atoms with Gasteiger partial charge in [-0.1, -0.05) is 12.0 Å². The summed E-state index contributed by atoms with van der Waals surface area (Å²) >= 11 is 0. The molecule has 0 aromatic carbocycles. The van der Waals surface area contributed by atoms with Gasteiger partial charge in [-0.3, -0.25) is 0 Å². The van der Waals surface area contributed by atoms with Crippen molar-refractivity contribution in [2.45, 2.75) is 13.3 Å². The van der Waals surface area contributed by atoms with Crippen LogP contribution in [0.4, 0.5) is 0 Å². The van der Waals surface area contributed by atoms with Crippen LogP contribution >= 0.6 is 0 Å². The second kappa shape index (κ2) is 3.40. The molecule has 1 heterocycles. The Morgan fingerprint density at radius 3 is 2.83 bits per heavy atom. The molecule has 0 aromatic rings. The first kappa shape index (κ1) is 8.79. The van der Waals surface area contributed by atoms with Gasteiger partial charge in [0.15, 0.2) is 0 Å².